The van der Waals surface area contributed by atoms with Gasteiger partial charge in [-0.2, -0.15) is 12.6 Å². The summed E-state index contributed by atoms with van der Waals surface area (Å²) in [6.45, 7) is 3.93. The van der Waals surface area contributed by atoms with Crippen LogP contribution in [0.15, 0.2) is 11.8 Å². The van der Waals surface area contributed by atoms with Crippen molar-refractivity contribution < 1.29 is 13.3 Å². The maximum absolute atomic E-state index is 5.27. The van der Waals surface area contributed by atoms with Gasteiger partial charge in [0.1, 0.15) is 0 Å². The van der Waals surface area contributed by atoms with Gasteiger partial charge in [-0.15, -0.1) is 0 Å². The molecule has 0 radical (unpaired) electrons. The standard InChI is InChI=1S/C8H18O3SSi/c1-8(6-5-7-12)13(9-2,10-3)11-4/h12H,1,5-7H2,2-4H3. The fourth-order valence-electron chi connectivity index (χ4n) is 1.13. The minimum absolute atomic E-state index is 0.834. The van der Waals surface area contributed by atoms with Crippen LogP contribution in [-0.2, 0) is 13.3 Å². The zero-order valence-electron chi connectivity index (χ0n) is 8.50. The molecule has 0 saturated heterocycles. The van der Waals surface area contributed by atoms with Crippen molar-refractivity contribution in [1.29, 1.82) is 0 Å². The molecule has 0 saturated carbocycles. The second kappa shape index (κ2) is 6.61. The van der Waals surface area contributed by atoms with Gasteiger partial charge in [-0.05, 0) is 23.8 Å². The number of thiol groups is 1. The zero-order chi connectivity index (χ0) is 10.3. The van der Waals surface area contributed by atoms with Gasteiger partial charge in [0.15, 0.2) is 0 Å². The molecular weight excluding hydrogens is 204 g/mol. The van der Waals surface area contributed by atoms with E-state index in [1.165, 1.54) is 0 Å². The van der Waals surface area contributed by atoms with Gasteiger partial charge in [0.05, 0.1) is 0 Å². The molecule has 0 spiro atoms. The molecule has 78 valence electrons. The van der Waals surface area contributed by atoms with E-state index >= 15 is 0 Å². The van der Waals surface area contributed by atoms with Crippen LogP contribution in [0.1, 0.15) is 12.8 Å². The maximum Gasteiger partial charge on any atom is 0.531 e. The lowest BCUT2D eigenvalue weighted by Gasteiger charge is -2.26. The van der Waals surface area contributed by atoms with Crippen molar-refractivity contribution >= 4 is 21.4 Å². The molecule has 0 aliphatic heterocycles. The lowest BCUT2D eigenvalue weighted by atomic mass is 10.3. The molecule has 0 atom stereocenters. The van der Waals surface area contributed by atoms with Crippen LogP contribution in [0.5, 0.6) is 0 Å². The second-order valence-corrected chi connectivity index (χ2v) is 6.09. The third kappa shape index (κ3) is 3.44. The van der Waals surface area contributed by atoms with E-state index in [9.17, 15) is 0 Å². The van der Waals surface area contributed by atoms with E-state index in [0.717, 1.165) is 23.8 Å². The molecule has 0 rings (SSSR count). The van der Waals surface area contributed by atoms with Crippen molar-refractivity contribution in [2.45, 2.75) is 12.8 Å². The zero-order valence-corrected chi connectivity index (χ0v) is 10.4. The van der Waals surface area contributed by atoms with Crippen LogP contribution in [0, 0.1) is 0 Å². The Morgan fingerprint density at radius 1 is 1.23 bits per heavy atom. The summed E-state index contributed by atoms with van der Waals surface area (Å²) < 4.78 is 15.8. The molecule has 0 heterocycles. The van der Waals surface area contributed by atoms with E-state index in [0.29, 0.717) is 0 Å². The van der Waals surface area contributed by atoms with Crippen molar-refractivity contribution in [3.63, 3.8) is 0 Å². The molecule has 0 N–H and O–H groups in total. The number of hydrogen-bond acceptors (Lipinski definition) is 4. The van der Waals surface area contributed by atoms with E-state index in [-0.39, 0.29) is 0 Å². The minimum atomic E-state index is -2.59. The highest BCUT2D eigenvalue weighted by atomic mass is 32.1. The van der Waals surface area contributed by atoms with Gasteiger partial charge in [-0.1, -0.05) is 6.58 Å². The molecule has 0 bridgehead atoms. The van der Waals surface area contributed by atoms with Crippen molar-refractivity contribution in [3.05, 3.63) is 11.8 Å². The van der Waals surface area contributed by atoms with Crippen molar-refractivity contribution in [2.24, 2.45) is 0 Å². The quantitative estimate of drug-likeness (QED) is 0.524. The van der Waals surface area contributed by atoms with Gasteiger partial charge in [-0.25, -0.2) is 0 Å². The third-order valence-corrected chi connectivity index (χ3v) is 4.92. The topological polar surface area (TPSA) is 27.7 Å². The van der Waals surface area contributed by atoms with Crippen LogP contribution in [0.25, 0.3) is 0 Å². The molecule has 0 aromatic carbocycles. The second-order valence-electron chi connectivity index (χ2n) is 2.60. The largest absolute Gasteiger partial charge is 0.531 e. The van der Waals surface area contributed by atoms with Gasteiger partial charge in [0, 0.05) is 21.3 Å². The summed E-state index contributed by atoms with van der Waals surface area (Å²) in [6, 6.07) is 0. The van der Waals surface area contributed by atoms with Crippen LogP contribution in [0.3, 0.4) is 0 Å². The molecule has 0 aliphatic carbocycles. The Hall–Kier alpha value is 0.187. The first kappa shape index (κ1) is 13.2. The van der Waals surface area contributed by atoms with E-state index < -0.39 is 8.80 Å². The van der Waals surface area contributed by atoms with Crippen LogP contribution in [-0.4, -0.2) is 35.9 Å². The summed E-state index contributed by atoms with van der Waals surface area (Å²) in [6.07, 6.45) is 1.80. The summed E-state index contributed by atoms with van der Waals surface area (Å²) in [5, 5.41) is 0.911. The Bertz CT molecular complexity index is 151. The first-order valence-electron chi connectivity index (χ1n) is 4.11. The normalized spacial score (nSPS) is 11.7. The molecule has 0 aromatic rings. The predicted octanol–water partition coefficient (Wildman–Crippen LogP) is 1.67. The van der Waals surface area contributed by atoms with Crippen LogP contribution < -0.4 is 0 Å². The van der Waals surface area contributed by atoms with Crippen LogP contribution in [0.2, 0.25) is 0 Å². The van der Waals surface area contributed by atoms with Gasteiger partial charge < -0.3 is 13.3 Å². The summed E-state index contributed by atoms with van der Waals surface area (Å²) in [5.74, 6) is 0.834. The van der Waals surface area contributed by atoms with Crippen molar-refractivity contribution in [3.8, 4) is 0 Å². The average Bonchev–Trinajstić information content (AvgIpc) is 2.18. The number of hydrogen-bond donors (Lipinski definition) is 1. The number of allylic oxidation sites excluding steroid dienone is 1. The lowest BCUT2D eigenvalue weighted by Crippen LogP contribution is -2.45. The summed E-state index contributed by atoms with van der Waals surface area (Å²) in [4.78, 5) is 0. The first-order chi connectivity index (χ1) is 6.16. The summed E-state index contributed by atoms with van der Waals surface area (Å²) in [7, 11) is 2.18. The van der Waals surface area contributed by atoms with Crippen LogP contribution in [0.4, 0.5) is 0 Å². The molecule has 0 unspecified atom stereocenters. The SMILES string of the molecule is C=C(CCCS)[Si](OC)(OC)OC. The highest BCUT2D eigenvalue weighted by molar-refractivity contribution is 7.80. The summed E-state index contributed by atoms with van der Waals surface area (Å²) in [5.41, 5.74) is 0. The summed E-state index contributed by atoms with van der Waals surface area (Å²) >= 11 is 4.13. The van der Waals surface area contributed by atoms with Gasteiger partial charge >= 0.3 is 8.80 Å². The highest BCUT2D eigenvalue weighted by Crippen LogP contribution is 2.20. The van der Waals surface area contributed by atoms with Crippen molar-refractivity contribution in [1.82, 2.24) is 0 Å². The van der Waals surface area contributed by atoms with E-state index in [4.69, 9.17) is 13.3 Å². The van der Waals surface area contributed by atoms with Gasteiger partial charge in [0.2, 0.25) is 0 Å². The Balaban J connectivity index is 4.26. The fourth-order valence-corrected chi connectivity index (χ4v) is 3.14. The van der Waals surface area contributed by atoms with Crippen LogP contribution >= 0.6 is 12.6 Å². The molecule has 13 heavy (non-hydrogen) atoms. The Morgan fingerprint density at radius 2 is 1.69 bits per heavy atom. The minimum Gasteiger partial charge on any atom is -0.374 e. The fraction of sp³-hybridized carbons (Fsp3) is 0.750. The van der Waals surface area contributed by atoms with Gasteiger partial charge in [-0.3, -0.25) is 0 Å². The molecule has 5 heteroatoms. The molecule has 0 aromatic heterocycles. The monoisotopic (exact) mass is 222 g/mol. The Morgan fingerprint density at radius 3 is 2.00 bits per heavy atom. The third-order valence-electron chi connectivity index (χ3n) is 1.88. The highest BCUT2D eigenvalue weighted by Gasteiger charge is 2.40. The molecular formula is C8H18O3SSi. The van der Waals surface area contributed by atoms with E-state index in [1.807, 2.05) is 0 Å². The number of rotatable bonds is 7. The Kier molecular flexibility index (Phi) is 6.71. The lowest BCUT2D eigenvalue weighted by molar-refractivity contribution is 0.133. The van der Waals surface area contributed by atoms with E-state index in [1.54, 1.807) is 21.3 Å². The average molecular weight is 222 g/mol. The smallest absolute Gasteiger partial charge is 0.374 e. The molecule has 0 amide bonds. The van der Waals surface area contributed by atoms with Crippen molar-refractivity contribution in [2.75, 3.05) is 27.1 Å². The molecule has 0 fully saturated rings. The van der Waals surface area contributed by atoms with Gasteiger partial charge in [0.25, 0.3) is 0 Å². The molecule has 3 nitrogen and oxygen atoms in total. The Labute approximate surface area is 86.9 Å². The predicted molar refractivity (Wildman–Crippen MR) is 59.0 cm³/mol. The van der Waals surface area contributed by atoms with E-state index in [2.05, 4.69) is 19.2 Å². The maximum atomic E-state index is 5.27. The molecule has 0 aliphatic rings. The first-order valence-corrected chi connectivity index (χ1v) is 6.47.